The van der Waals surface area contributed by atoms with Crippen LogP contribution in [0.5, 0.6) is 0 Å². The quantitative estimate of drug-likeness (QED) is 0.882. The van der Waals surface area contributed by atoms with E-state index in [0.29, 0.717) is 5.91 Å². The fourth-order valence-electron chi connectivity index (χ4n) is 5.21. The van der Waals surface area contributed by atoms with Crippen molar-refractivity contribution < 1.29 is 4.79 Å². The molecule has 2 aliphatic heterocycles. The average molecular weight is 383 g/mol. The van der Waals surface area contributed by atoms with Crippen molar-refractivity contribution in [3.05, 3.63) is 34.7 Å². The molecule has 2 aromatic heterocycles. The van der Waals surface area contributed by atoms with Crippen LogP contribution in [0.1, 0.15) is 54.0 Å². The molecule has 5 rings (SSSR count). The number of imidazole rings is 1. The lowest BCUT2D eigenvalue weighted by molar-refractivity contribution is -0.143. The molecule has 1 spiro atoms. The first-order valence-corrected chi connectivity index (χ1v) is 10.6. The van der Waals surface area contributed by atoms with Crippen molar-refractivity contribution in [3.63, 3.8) is 0 Å². The predicted molar refractivity (Wildman–Crippen MR) is 106 cm³/mol. The van der Waals surface area contributed by atoms with Crippen molar-refractivity contribution >= 4 is 5.91 Å². The minimum Gasteiger partial charge on any atom is -0.348 e. The third kappa shape index (κ3) is 2.70. The van der Waals surface area contributed by atoms with Gasteiger partial charge in [-0.3, -0.25) is 14.4 Å². The molecule has 0 aromatic carbocycles. The molecule has 0 atom stereocenters. The van der Waals surface area contributed by atoms with Crippen LogP contribution >= 0.6 is 0 Å². The first-order chi connectivity index (χ1) is 13.5. The van der Waals surface area contributed by atoms with E-state index in [2.05, 4.69) is 33.7 Å². The van der Waals surface area contributed by atoms with Crippen LogP contribution < -0.4 is 0 Å². The van der Waals surface area contributed by atoms with Crippen LogP contribution in [0.2, 0.25) is 0 Å². The number of piperidine rings is 1. The summed E-state index contributed by atoms with van der Waals surface area (Å²) < 4.78 is 1.98. The summed E-state index contributed by atoms with van der Waals surface area (Å²) in [5.41, 5.74) is 5.85. The van der Waals surface area contributed by atoms with Gasteiger partial charge in [-0.15, -0.1) is 0 Å². The number of aryl methyl sites for hydroxylation is 2. The maximum absolute atomic E-state index is 13.1. The molecule has 0 bridgehead atoms. The molecule has 1 amide bonds. The normalized spacial score (nSPS) is 21.9. The summed E-state index contributed by atoms with van der Waals surface area (Å²) in [6.45, 7) is 7.97. The Labute approximate surface area is 166 Å². The zero-order valence-electron chi connectivity index (χ0n) is 17.2. The molecule has 1 aliphatic carbocycles. The number of fused-ring (bicyclic) bond motifs is 2. The highest BCUT2D eigenvalue weighted by Crippen LogP contribution is 2.45. The summed E-state index contributed by atoms with van der Waals surface area (Å²) in [7, 11) is 2.01. The average Bonchev–Trinajstić information content (AvgIpc) is 3.38. The van der Waals surface area contributed by atoms with E-state index in [4.69, 9.17) is 4.98 Å². The van der Waals surface area contributed by atoms with Crippen LogP contribution in [-0.4, -0.2) is 55.1 Å². The lowest BCUT2D eigenvalue weighted by Gasteiger charge is -2.50. The molecular formula is C21H30N6O. The van der Waals surface area contributed by atoms with Crippen LogP contribution in [0.25, 0.3) is 0 Å². The molecule has 7 nitrogen and oxygen atoms in total. The fraction of sp³-hybridized carbons (Fsp3) is 0.667. The third-order valence-corrected chi connectivity index (χ3v) is 7.18. The van der Waals surface area contributed by atoms with E-state index in [1.807, 2.05) is 18.1 Å². The lowest BCUT2D eigenvalue weighted by Crippen LogP contribution is -2.58. The van der Waals surface area contributed by atoms with Gasteiger partial charge in [0.15, 0.2) is 0 Å². The van der Waals surface area contributed by atoms with E-state index in [-0.39, 0.29) is 11.5 Å². The van der Waals surface area contributed by atoms with E-state index in [1.165, 1.54) is 17.0 Å². The van der Waals surface area contributed by atoms with Crippen LogP contribution in [0.3, 0.4) is 0 Å². The van der Waals surface area contributed by atoms with Gasteiger partial charge < -0.3 is 9.88 Å². The predicted octanol–water partition coefficient (Wildman–Crippen LogP) is 2.05. The Morgan fingerprint density at radius 2 is 2.00 bits per heavy atom. The number of H-pyrrole nitrogens is 1. The van der Waals surface area contributed by atoms with Crippen LogP contribution in [-0.2, 0) is 30.3 Å². The van der Waals surface area contributed by atoms with E-state index in [1.54, 1.807) is 0 Å². The molecule has 1 saturated heterocycles. The number of rotatable bonds is 3. The molecule has 0 unspecified atom stereocenters. The van der Waals surface area contributed by atoms with Crippen molar-refractivity contribution in [3.8, 4) is 0 Å². The topological polar surface area (TPSA) is 70.1 Å². The number of amides is 1. The lowest BCUT2D eigenvalue weighted by atomic mass is 9.78. The molecule has 2 fully saturated rings. The Kier molecular flexibility index (Phi) is 4.12. The number of aromatic nitrogens is 4. The standard InChI is InChI=1S/C21H30N6O/c1-14-17(15(2)25(3)24-14)12-26-10-7-21(8-11-26)19-18(22-13-23-19)6-9-27(21)20(28)16-4-5-16/h13,16H,4-12H2,1-3H3,(H,22,23). The Morgan fingerprint density at radius 3 is 2.64 bits per heavy atom. The molecule has 1 saturated carbocycles. The van der Waals surface area contributed by atoms with Crippen molar-refractivity contribution in [2.75, 3.05) is 19.6 Å². The van der Waals surface area contributed by atoms with Gasteiger partial charge in [0.05, 0.1) is 23.3 Å². The van der Waals surface area contributed by atoms with Gasteiger partial charge in [-0.05, 0) is 39.5 Å². The van der Waals surface area contributed by atoms with Gasteiger partial charge in [0.2, 0.25) is 5.91 Å². The summed E-state index contributed by atoms with van der Waals surface area (Å²) in [5.74, 6) is 0.622. The fourth-order valence-corrected chi connectivity index (χ4v) is 5.21. The van der Waals surface area contributed by atoms with Crippen LogP contribution in [0.4, 0.5) is 0 Å². The molecule has 2 aromatic rings. The number of hydrogen-bond acceptors (Lipinski definition) is 4. The number of nitrogens with zero attached hydrogens (tertiary/aromatic N) is 5. The number of nitrogens with one attached hydrogen (secondary N) is 1. The van der Waals surface area contributed by atoms with Gasteiger partial charge in [-0.25, -0.2) is 4.98 Å². The Hall–Kier alpha value is -2.15. The summed E-state index contributed by atoms with van der Waals surface area (Å²) in [4.78, 5) is 25.8. The molecule has 4 heterocycles. The minimum absolute atomic E-state index is 0.219. The monoisotopic (exact) mass is 382 g/mol. The van der Waals surface area contributed by atoms with Gasteiger partial charge in [0, 0.05) is 62.5 Å². The smallest absolute Gasteiger partial charge is 0.226 e. The zero-order valence-corrected chi connectivity index (χ0v) is 17.2. The second-order valence-corrected chi connectivity index (χ2v) is 8.82. The second kappa shape index (κ2) is 6.44. The number of carbonyl (C=O) groups is 1. The summed E-state index contributed by atoms with van der Waals surface area (Å²) in [6.07, 6.45) is 6.75. The highest BCUT2D eigenvalue weighted by atomic mass is 16.2. The van der Waals surface area contributed by atoms with Crippen LogP contribution in [0, 0.1) is 19.8 Å². The maximum atomic E-state index is 13.1. The SMILES string of the molecule is Cc1nn(C)c(C)c1CN1CCC2(CC1)c1nc[nH]c1CCN2C(=O)C1CC1. The van der Waals surface area contributed by atoms with Crippen molar-refractivity contribution in [1.29, 1.82) is 0 Å². The molecule has 0 radical (unpaired) electrons. The summed E-state index contributed by atoms with van der Waals surface area (Å²) in [5, 5.41) is 4.57. The van der Waals surface area contributed by atoms with Crippen molar-refractivity contribution in [2.45, 2.75) is 58.0 Å². The van der Waals surface area contributed by atoms with Gasteiger partial charge in [-0.2, -0.15) is 5.10 Å². The van der Waals surface area contributed by atoms with E-state index >= 15 is 0 Å². The Balaban J connectivity index is 1.38. The third-order valence-electron chi connectivity index (χ3n) is 7.18. The number of carbonyl (C=O) groups excluding carboxylic acids is 1. The number of likely N-dealkylation sites (tertiary alicyclic amines) is 1. The van der Waals surface area contributed by atoms with Crippen molar-refractivity contribution in [2.24, 2.45) is 13.0 Å². The highest BCUT2D eigenvalue weighted by Gasteiger charge is 2.50. The van der Waals surface area contributed by atoms with E-state index < -0.39 is 0 Å². The van der Waals surface area contributed by atoms with E-state index in [9.17, 15) is 4.79 Å². The molecule has 7 heteroatoms. The first kappa shape index (κ1) is 17.9. The highest BCUT2D eigenvalue weighted by molar-refractivity contribution is 5.82. The Morgan fingerprint density at radius 1 is 1.25 bits per heavy atom. The van der Waals surface area contributed by atoms with Crippen molar-refractivity contribution in [1.82, 2.24) is 29.5 Å². The second-order valence-electron chi connectivity index (χ2n) is 8.82. The minimum atomic E-state index is -0.219. The summed E-state index contributed by atoms with van der Waals surface area (Å²) >= 11 is 0. The van der Waals surface area contributed by atoms with Gasteiger partial charge in [-0.1, -0.05) is 0 Å². The molecule has 1 N–H and O–H groups in total. The molecule has 28 heavy (non-hydrogen) atoms. The molecular weight excluding hydrogens is 352 g/mol. The summed E-state index contributed by atoms with van der Waals surface area (Å²) in [6, 6.07) is 0. The molecule has 3 aliphatic rings. The van der Waals surface area contributed by atoms with Gasteiger partial charge in [0.25, 0.3) is 0 Å². The largest absolute Gasteiger partial charge is 0.348 e. The zero-order chi connectivity index (χ0) is 19.5. The molecule has 150 valence electrons. The van der Waals surface area contributed by atoms with Crippen LogP contribution in [0.15, 0.2) is 6.33 Å². The first-order valence-electron chi connectivity index (χ1n) is 10.6. The number of hydrogen-bond donors (Lipinski definition) is 1. The number of aromatic amines is 1. The Bertz CT molecular complexity index is 900. The van der Waals surface area contributed by atoms with E-state index in [0.717, 1.165) is 69.7 Å². The van der Waals surface area contributed by atoms with Gasteiger partial charge >= 0.3 is 0 Å². The maximum Gasteiger partial charge on any atom is 0.226 e. The van der Waals surface area contributed by atoms with Gasteiger partial charge in [0.1, 0.15) is 0 Å².